The summed E-state index contributed by atoms with van der Waals surface area (Å²) in [6.07, 6.45) is 6.56. The molecule has 0 aromatic heterocycles. The fraction of sp³-hybridized carbons (Fsp3) is 0.562. The van der Waals surface area contributed by atoms with Gasteiger partial charge >= 0.3 is 0 Å². The van der Waals surface area contributed by atoms with E-state index in [1.54, 1.807) is 12.1 Å². The third-order valence-electron chi connectivity index (χ3n) is 3.79. The zero-order valence-electron chi connectivity index (χ0n) is 12.2. The van der Waals surface area contributed by atoms with E-state index < -0.39 is 0 Å². The van der Waals surface area contributed by atoms with Gasteiger partial charge in [0, 0.05) is 17.8 Å². The number of rotatable bonds is 5. The predicted molar refractivity (Wildman–Crippen MR) is 80.7 cm³/mol. The third kappa shape index (κ3) is 4.23. The van der Waals surface area contributed by atoms with Gasteiger partial charge in [-0.2, -0.15) is 0 Å². The van der Waals surface area contributed by atoms with Crippen molar-refractivity contribution >= 4 is 11.6 Å². The van der Waals surface area contributed by atoms with Crippen LogP contribution in [-0.4, -0.2) is 25.2 Å². The first-order valence-electron chi connectivity index (χ1n) is 7.43. The standard InChI is InChI=1S/C16H24N2O2/c1-12-11-13(17)7-8-15(12)16(19)18-9-10-20-14-5-3-2-4-6-14/h7-8,11,14H,2-6,9-10,17H2,1H3,(H,18,19). The molecular weight excluding hydrogens is 252 g/mol. The molecule has 0 aliphatic heterocycles. The van der Waals surface area contributed by atoms with Crippen molar-refractivity contribution < 1.29 is 9.53 Å². The van der Waals surface area contributed by atoms with Gasteiger partial charge in [-0.3, -0.25) is 4.79 Å². The highest BCUT2D eigenvalue weighted by atomic mass is 16.5. The van der Waals surface area contributed by atoms with Crippen LogP contribution >= 0.6 is 0 Å². The highest BCUT2D eigenvalue weighted by molar-refractivity contribution is 5.95. The summed E-state index contributed by atoms with van der Waals surface area (Å²) in [5.41, 5.74) is 7.94. The van der Waals surface area contributed by atoms with E-state index in [0.717, 1.165) is 18.4 Å². The Kier molecular flexibility index (Phi) is 5.41. The van der Waals surface area contributed by atoms with Crippen molar-refractivity contribution in [2.24, 2.45) is 0 Å². The summed E-state index contributed by atoms with van der Waals surface area (Å²) in [5.74, 6) is -0.0604. The quantitative estimate of drug-likeness (QED) is 0.642. The maximum atomic E-state index is 12.0. The fourth-order valence-electron chi connectivity index (χ4n) is 2.66. The number of carbonyl (C=O) groups is 1. The van der Waals surface area contributed by atoms with Crippen molar-refractivity contribution in [3.63, 3.8) is 0 Å². The number of benzene rings is 1. The van der Waals surface area contributed by atoms with E-state index in [2.05, 4.69) is 5.32 Å². The summed E-state index contributed by atoms with van der Waals surface area (Å²) < 4.78 is 5.78. The maximum absolute atomic E-state index is 12.0. The average molecular weight is 276 g/mol. The molecule has 1 aliphatic rings. The highest BCUT2D eigenvalue weighted by Gasteiger charge is 2.13. The molecule has 2 rings (SSSR count). The molecule has 0 bridgehead atoms. The van der Waals surface area contributed by atoms with Crippen molar-refractivity contribution in [2.45, 2.75) is 45.1 Å². The molecule has 1 aromatic carbocycles. The lowest BCUT2D eigenvalue weighted by molar-refractivity contribution is 0.0299. The Hall–Kier alpha value is -1.55. The van der Waals surface area contributed by atoms with Crippen molar-refractivity contribution in [3.05, 3.63) is 29.3 Å². The first kappa shape index (κ1) is 14.9. The van der Waals surface area contributed by atoms with Gasteiger partial charge in [-0.1, -0.05) is 19.3 Å². The Balaban J connectivity index is 1.72. The molecule has 3 N–H and O–H groups in total. The second-order valence-corrected chi connectivity index (χ2v) is 5.46. The Morgan fingerprint density at radius 3 is 2.80 bits per heavy atom. The van der Waals surface area contributed by atoms with Crippen LogP contribution in [0.3, 0.4) is 0 Å². The molecule has 1 fully saturated rings. The number of hydrogen-bond acceptors (Lipinski definition) is 3. The van der Waals surface area contributed by atoms with Crippen molar-refractivity contribution in [1.82, 2.24) is 5.32 Å². The summed E-state index contributed by atoms with van der Waals surface area (Å²) in [4.78, 5) is 12.0. The lowest BCUT2D eigenvalue weighted by atomic mass is 9.98. The average Bonchev–Trinajstić information content (AvgIpc) is 2.44. The number of nitrogens with one attached hydrogen (secondary N) is 1. The van der Waals surface area contributed by atoms with Crippen LogP contribution in [0.1, 0.15) is 48.0 Å². The molecular formula is C16H24N2O2. The van der Waals surface area contributed by atoms with E-state index in [1.807, 2.05) is 13.0 Å². The molecule has 0 radical (unpaired) electrons. The zero-order chi connectivity index (χ0) is 14.4. The van der Waals surface area contributed by atoms with Gasteiger partial charge in [-0.15, -0.1) is 0 Å². The lowest BCUT2D eigenvalue weighted by Gasteiger charge is -2.22. The minimum Gasteiger partial charge on any atom is -0.399 e. The largest absolute Gasteiger partial charge is 0.399 e. The van der Waals surface area contributed by atoms with Gasteiger partial charge in [0.1, 0.15) is 0 Å². The van der Waals surface area contributed by atoms with Crippen LogP contribution in [0.5, 0.6) is 0 Å². The Morgan fingerprint density at radius 2 is 2.10 bits per heavy atom. The van der Waals surface area contributed by atoms with E-state index in [-0.39, 0.29) is 5.91 Å². The molecule has 1 saturated carbocycles. The molecule has 4 heteroatoms. The molecule has 20 heavy (non-hydrogen) atoms. The first-order chi connectivity index (χ1) is 9.66. The first-order valence-corrected chi connectivity index (χ1v) is 7.43. The van der Waals surface area contributed by atoms with Crippen LogP contribution in [0.2, 0.25) is 0 Å². The normalized spacial score (nSPS) is 16.1. The number of aryl methyl sites for hydroxylation is 1. The van der Waals surface area contributed by atoms with Crippen LogP contribution in [-0.2, 0) is 4.74 Å². The van der Waals surface area contributed by atoms with Gasteiger partial charge in [0.15, 0.2) is 0 Å². The van der Waals surface area contributed by atoms with Crippen molar-refractivity contribution in [2.75, 3.05) is 18.9 Å². The SMILES string of the molecule is Cc1cc(N)ccc1C(=O)NCCOC1CCCCC1. The minimum atomic E-state index is -0.0604. The van der Waals surface area contributed by atoms with E-state index in [9.17, 15) is 4.79 Å². The van der Waals surface area contributed by atoms with Crippen LogP contribution in [0.4, 0.5) is 5.69 Å². The molecule has 0 heterocycles. The molecule has 110 valence electrons. The summed E-state index contributed by atoms with van der Waals surface area (Å²) in [7, 11) is 0. The van der Waals surface area contributed by atoms with Gasteiger partial charge < -0.3 is 15.8 Å². The maximum Gasteiger partial charge on any atom is 0.251 e. The van der Waals surface area contributed by atoms with Gasteiger partial charge in [-0.05, 0) is 43.5 Å². The van der Waals surface area contributed by atoms with E-state index in [1.165, 1.54) is 19.3 Å². The minimum absolute atomic E-state index is 0.0604. The highest BCUT2D eigenvalue weighted by Crippen LogP contribution is 2.19. The molecule has 1 amide bonds. The van der Waals surface area contributed by atoms with Gasteiger partial charge in [0.25, 0.3) is 5.91 Å². The van der Waals surface area contributed by atoms with Gasteiger partial charge in [-0.25, -0.2) is 0 Å². The molecule has 1 aromatic rings. The molecule has 0 unspecified atom stereocenters. The Labute approximate surface area is 120 Å². The van der Waals surface area contributed by atoms with E-state index in [0.29, 0.717) is 30.5 Å². The number of carbonyl (C=O) groups excluding carboxylic acids is 1. The number of amides is 1. The summed E-state index contributed by atoms with van der Waals surface area (Å²) in [6.45, 7) is 3.04. The van der Waals surface area contributed by atoms with Crippen LogP contribution in [0.15, 0.2) is 18.2 Å². The fourth-order valence-corrected chi connectivity index (χ4v) is 2.66. The lowest BCUT2D eigenvalue weighted by Crippen LogP contribution is -2.29. The van der Waals surface area contributed by atoms with Gasteiger partial charge in [0.05, 0.1) is 12.7 Å². The topological polar surface area (TPSA) is 64.4 Å². The molecule has 4 nitrogen and oxygen atoms in total. The predicted octanol–water partition coefficient (Wildman–Crippen LogP) is 2.66. The number of anilines is 1. The monoisotopic (exact) mass is 276 g/mol. The molecule has 0 atom stereocenters. The third-order valence-corrected chi connectivity index (χ3v) is 3.79. The number of hydrogen-bond donors (Lipinski definition) is 2. The van der Waals surface area contributed by atoms with Crippen molar-refractivity contribution in [3.8, 4) is 0 Å². The second kappa shape index (κ2) is 7.29. The van der Waals surface area contributed by atoms with Crippen LogP contribution < -0.4 is 11.1 Å². The summed E-state index contributed by atoms with van der Waals surface area (Å²) in [5, 5.41) is 2.89. The molecule has 1 aliphatic carbocycles. The number of ether oxygens (including phenoxy) is 1. The molecule has 0 saturated heterocycles. The zero-order valence-corrected chi connectivity index (χ0v) is 12.2. The molecule has 0 spiro atoms. The second-order valence-electron chi connectivity index (χ2n) is 5.46. The Morgan fingerprint density at radius 1 is 1.35 bits per heavy atom. The summed E-state index contributed by atoms with van der Waals surface area (Å²) >= 11 is 0. The van der Waals surface area contributed by atoms with Crippen LogP contribution in [0.25, 0.3) is 0 Å². The van der Waals surface area contributed by atoms with Crippen LogP contribution in [0, 0.1) is 6.92 Å². The van der Waals surface area contributed by atoms with E-state index in [4.69, 9.17) is 10.5 Å². The van der Waals surface area contributed by atoms with Gasteiger partial charge in [0.2, 0.25) is 0 Å². The van der Waals surface area contributed by atoms with E-state index >= 15 is 0 Å². The number of nitrogens with two attached hydrogens (primary N) is 1. The number of nitrogen functional groups attached to an aromatic ring is 1. The Bertz CT molecular complexity index is 454. The smallest absolute Gasteiger partial charge is 0.251 e. The summed E-state index contributed by atoms with van der Waals surface area (Å²) in [6, 6.07) is 5.33. The van der Waals surface area contributed by atoms with Crippen molar-refractivity contribution in [1.29, 1.82) is 0 Å².